The molecule has 0 aromatic heterocycles. The molecule has 0 aliphatic heterocycles. The van der Waals surface area contributed by atoms with Crippen molar-refractivity contribution in [1.82, 2.24) is 0 Å². The Balaban J connectivity index is 3.57. The maximum atomic E-state index is 8.67. The van der Waals surface area contributed by atoms with Crippen molar-refractivity contribution in [2.45, 2.75) is 65.2 Å². The maximum Gasteiger partial charge on any atom is 0.260 e. The van der Waals surface area contributed by atoms with E-state index in [2.05, 4.69) is 11.8 Å². The fraction of sp³-hybridized carbons (Fsp3) is 0.714. The molecule has 0 radical (unpaired) electrons. The van der Waals surface area contributed by atoms with Crippen LogP contribution in [0.2, 0.25) is 0 Å². The Labute approximate surface area is 99.8 Å². The number of allylic oxidation sites excluding steroid dienone is 2. The van der Waals surface area contributed by atoms with Crippen molar-refractivity contribution in [1.29, 1.82) is 5.26 Å². The highest BCUT2D eigenvalue weighted by Gasteiger charge is 2.00. The minimum Gasteiger partial charge on any atom is -0.227 e. The quantitative estimate of drug-likeness (QED) is 0.325. The van der Waals surface area contributed by atoms with Gasteiger partial charge in [0, 0.05) is 0 Å². The van der Waals surface area contributed by atoms with Gasteiger partial charge in [0.2, 0.25) is 0 Å². The summed E-state index contributed by atoms with van der Waals surface area (Å²) >= 11 is 0. The lowest BCUT2D eigenvalue weighted by molar-refractivity contribution is 0.588. The molecule has 0 amide bonds. The molecule has 0 fully saturated rings. The zero-order chi connectivity index (χ0) is 12.2. The highest BCUT2D eigenvalue weighted by Crippen LogP contribution is 2.15. The van der Waals surface area contributed by atoms with Gasteiger partial charge in [0.1, 0.15) is 0 Å². The average Bonchev–Trinajstić information content (AvgIpc) is 2.29. The van der Waals surface area contributed by atoms with Crippen molar-refractivity contribution in [3.8, 4) is 6.07 Å². The van der Waals surface area contributed by atoms with Crippen LogP contribution in [0.4, 0.5) is 0 Å². The third-order valence-corrected chi connectivity index (χ3v) is 2.78. The summed E-state index contributed by atoms with van der Waals surface area (Å²) in [4.78, 5) is 3.21. The van der Waals surface area contributed by atoms with Crippen molar-refractivity contribution in [2.24, 2.45) is 0 Å². The van der Waals surface area contributed by atoms with Gasteiger partial charge in [-0.15, -0.1) is 0 Å². The highest BCUT2D eigenvalue weighted by atomic mass is 14.7. The molecular formula is C14H22N2. The molecule has 0 heterocycles. The van der Waals surface area contributed by atoms with E-state index in [4.69, 9.17) is 11.8 Å². The fourth-order valence-corrected chi connectivity index (χ4v) is 1.68. The van der Waals surface area contributed by atoms with Crippen LogP contribution in [0.3, 0.4) is 0 Å². The van der Waals surface area contributed by atoms with Crippen LogP contribution in [0.15, 0.2) is 11.3 Å². The molecule has 0 spiro atoms. The molecule has 0 rings (SSSR count). The SMILES string of the molecule is [C-]#[N+]/C(C#N)=C(/C)CCCCCCCCC. The largest absolute Gasteiger partial charge is 0.260 e. The maximum absolute atomic E-state index is 8.67. The number of nitriles is 1. The Kier molecular flexibility index (Phi) is 9.43. The molecule has 0 unspecified atom stereocenters. The standard InChI is InChI=1S/C14H22N2/c1-4-5-6-7-8-9-10-11-13(2)14(12-15)16-3/h4-11H2,1-2H3/b14-13-. The number of hydrogen-bond acceptors (Lipinski definition) is 1. The fourth-order valence-electron chi connectivity index (χ4n) is 1.68. The first-order valence-electron chi connectivity index (χ1n) is 6.23. The summed E-state index contributed by atoms with van der Waals surface area (Å²) in [7, 11) is 0. The Hall–Kier alpha value is -1.28. The Morgan fingerprint density at radius 3 is 2.19 bits per heavy atom. The summed E-state index contributed by atoms with van der Waals surface area (Å²) in [5.41, 5.74) is 1.23. The van der Waals surface area contributed by atoms with Gasteiger partial charge >= 0.3 is 0 Å². The molecule has 0 aromatic carbocycles. The van der Waals surface area contributed by atoms with E-state index in [0.29, 0.717) is 0 Å². The molecule has 2 heteroatoms. The van der Waals surface area contributed by atoms with Crippen LogP contribution in [0.25, 0.3) is 4.85 Å². The summed E-state index contributed by atoms with van der Waals surface area (Å²) < 4.78 is 0. The Morgan fingerprint density at radius 1 is 1.12 bits per heavy atom. The molecule has 0 saturated carbocycles. The third kappa shape index (κ3) is 7.07. The minimum atomic E-state index is 0.283. The van der Waals surface area contributed by atoms with Gasteiger partial charge in [0.25, 0.3) is 5.70 Å². The topological polar surface area (TPSA) is 28.1 Å². The molecular weight excluding hydrogens is 196 g/mol. The molecule has 2 nitrogen and oxygen atoms in total. The molecule has 88 valence electrons. The van der Waals surface area contributed by atoms with E-state index in [1.807, 2.05) is 13.0 Å². The lowest BCUT2D eigenvalue weighted by Crippen LogP contribution is -1.84. The van der Waals surface area contributed by atoms with Crippen LogP contribution >= 0.6 is 0 Å². The predicted octanol–water partition coefficient (Wildman–Crippen LogP) is 4.84. The average molecular weight is 218 g/mol. The third-order valence-electron chi connectivity index (χ3n) is 2.78. The smallest absolute Gasteiger partial charge is 0.227 e. The summed E-state index contributed by atoms with van der Waals surface area (Å²) in [6.07, 6.45) is 9.82. The summed E-state index contributed by atoms with van der Waals surface area (Å²) in [5, 5.41) is 8.67. The normalized spacial score (nSPS) is 11.5. The monoisotopic (exact) mass is 218 g/mol. The second-order valence-electron chi connectivity index (χ2n) is 4.22. The van der Waals surface area contributed by atoms with Crippen molar-refractivity contribution in [2.75, 3.05) is 0 Å². The zero-order valence-electron chi connectivity index (χ0n) is 10.6. The van der Waals surface area contributed by atoms with E-state index in [9.17, 15) is 0 Å². The van der Waals surface area contributed by atoms with E-state index in [0.717, 1.165) is 18.4 Å². The molecule has 0 N–H and O–H groups in total. The van der Waals surface area contributed by atoms with Crippen LogP contribution in [-0.4, -0.2) is 0 Å². The summed E-state index contributed by atoms with van der Waals surface area (Å²) in [5.74, 6) is 0. The van der Waals surface area contributed by atoms with Crippen LogP contribution in [0, 0.1) is 17.9 Å². The number of hydrogen-bond donors (Lipinski definition) is 0. The van der Waals surface area contributed by atoms with Crippen molar-refractivity contribution < 1.29 is 0 Å². The van der Waals surface area contributed by atoms with Gasteiger partial charge in [-0.25, -0.2) is 10.1 Å². The number of unbranched alkanes of at least 4 members (excludes halogenated alkanes) is 6. The predicted molar refractivity (Wildman–Crippen MR) is 67.5 cm³/mol. The van der Waals surface area contributed by atoms with Crippen LogP contribution in [0.1, 0.15) is 65.2 Å². The molecule has 0 aromatic rings. The first-order chi connectivity index (χ1) is 7.76. The van der Waals surface area contributed by atoms with Gasteiger partial charge in [-0.1, -0.05) is 64.4 Å². The molecule has 0 aliphatic carbocycles. The first-order valence-corrected chi connectivity index (χ1v) is 6.23. The molecule has 0 aliphatic rings. The van der Waals surface area contributed by atoms with E-state index in [1.165, 1.54) is 38.5 Å². The van der Waals surface area contributed by atoms with Crippen molar-refractivity contribution in [3.63, 3.8) is 0 Å². The molecule has 0 saturated heterocycles. The molecule has 0 atom stereocenters. The van der Waals surface area contributed by atoms with Gasteiger partial charge < -0.3 is 0 Å². The minimum absolute atomic E-state index is 0.283. The van der Waals surface area contributed by atoms with Gasteiger partial charge in [0.05, 0.1) is 12.6 Å². The van der Waals surface area contributed by atoms with E-state index in [1.54, 1.807) is 0 Å². The van der Waals surface area contributed by atoms with Gasteiger partial charge in [-0.3, -0.25) is 0 Å². The Morgan fingerprint density at radius 2 is 1.69 bits per heavy atom. The van der Waals surface area contributed by atoms with Crippen molar-refractivity contribution >= 4 is 0 Å². The second-order valence-corrected chi connectivity index (χ2v) is 4.22. The lowest BCUT2D eigenvalue weighted by atomic mass is 10.0. The highest BCUT2D eigenvalue weighted by molar-refractivity contribution is 5.31. The molecule has 0 bridgehead atoms. The number of nitrogens with zero attached hydrogens (tertiary/aromatic N) is 2. The lowest BCUT2D eigenvalue weighted by Gasteiger charge is -2.02. The van der Waals surface area contributed by atoms with Gasteiger partial charge in [-0.2, -0.15) is 0 Å². The van der Waals surface area contributed by atoms with Crippen LogP contribution in [0.5, 0.6) is 0 Å². The van der Waals surface area contributed by atoms with E-state index in [-0.39, 0.29) is 5.70 Å². The van der Waals surface area contributed by atoms with E-state index < -0.39 is 0 Å². The van der Waals surface area contributed by atoms with E-state index >= 15 is 0 Å². The molecule has 16 heavy (non-hydrogen) atoms. The second kappa shape index (κ2) is 10.2. The summed E-state index contributed by atoms with van der Waals surface area (Å²) in [6.45, 7) is 10.9. The van der Waals surface area contributed by atoms with Gasteiger partial charge in [0.15, 0.2) is 0 Å². The van der Waals surface area contributed by atoms with Crippen molar-refractivity contribution in [3.05, 3.63) is 22.7 Å². The van der Waals surface area contributed by atoms with Crippen LogP contribution in [-0.2, 0) is 0 Å². The van der Waals surface area contributed by atoms with Gasteiger partial charge in [-0.05, 0) is 6.42 Å². The number of rotatable bonds is 8. The Bertz CT molecular complexity index is 273. The van der Waals surface area contributed by atoms with Crippen LogP contribution < -0.4 is 0 Å². The first kappa shape index (κ1) is 14.7. The summed E-state index contributed by atoms with van der Waals surface area (Å²) in [6, 6.07) is 1.95. The zero-order valence-corrected chi connectivity index (χ0v) is 10.6.